The number of benzene rings is 1. The normalized spacial score (nSPS) is 14.5. The van der Waals surface area contributed by atoms with Gasteiger partial charge in [0.25, 0.3) is 0 Å². The summed E-state index contributed by atoms with van der Waals surface area (Å²) in [7, 11) is 3.15. The molecule has 0 aliphatic carbocycles. The number of rotatable bonds is 5. The van der Waals surface area contributed by atoms with Gasteiger partial charge in [0.15, 0.2) is 0 Å². The van der Waals surface area contributed by atoms with E-state index in [0.717, 1.165) is 30.2 Å². The van der Waals surface area contributed by atoms with Crippen molar-refractivity contribution in [3.8, 4) is 5.75 Å². The van der Waals surface area contributed by atoms with Gasteiger partial charge in [0, 0.05) is 26.3 Å². The number of carbonyl (C=O) groups excluding carboxylic acids is 1. The standard InChI is InChI=1S/C14H20N2O3/c1-18-10-14(17)15-12-6-5-11(19-2)9-13(12)16-7-3-4-8-16/h5-6,9H,3-4,7-8,10H2,1-2H3,(H,15,17). The Kier molecular flexibility index (Phi) is 4.63. The number of nitrogens with one attached hydrogen (secondary N) is 1. The van der Waals surface area contributed by atoms with Gasteiger partial charge in [-0.15, -0.1) is 0 Å². The van der Waals surface area contributed by atoms with E-state index in [1.165, 1.54) is 20.0 Å². The summed E-state index contributed by atoms with van der Waals surface area (Å²) < 4.78 is 10.1. The van der Waals surface area contributed by atoms with Gasteiger partial charge in [-0.2, -0.15) is 0 Å². The van der Waals surface area contributed by atoms with Crippen LogP contribution in [0.15, 0.2) is 18.2 Å². The molecule has 1 aliphatic heterocycles. The highest BCUT2D eigenvalue weighted by Gasteiger charge is 2.17. The Bertz CT molecular complexity index is 442. The molecule has 104 valence electrons. The molecule has 1 heterocycles. The van der Waals surface area contributed by atoms with E-state index >= 15 is 0 Å². The van der Waals surface area contributed by atoms with Crippen molar-refractivity contribution in [3.63, 3.8) is 0 Å². The second-order valence-corrected chi connectivity index (χ2v) is 4.56. The Morgan fingerprint density at radius 3 is 2.68 bits per heavy atom. The van der Waals surface area contributed by atoms with Gasteiger partial charge in [-0.1, -0.05) is 0 Å². The van der Waals surface area contributed by atoms with Gasteiger partial charge in [-0.05, 0) is 25.0 Å². The van der Waals surface area contributed by atoms with E-state index < -0.39 is 0 Å². The maximum atomic E-state index is 11.6. The third-order valence-electron chi connectivity index (χ3n) is 3.20. The lowest BCUT2D eigenvalue weighted by Gasteiger charge is -2.22. The molecule has 2 rings (SSSR count). The van der Waals surface area contributed by atoms with Gasteiger partial charge < -0.3 is 19.7 Å². The molecule has 1 saturated heterocycles. The molecule has 0 unspecified atom stereocenters. The van der Waals surface area contributed by atoms with Crippen LogP contribution in [0.3, 0.4) is 0 Å². The smallest absolute Gasteiger partial charge is 0.250 e. The van der Waals surface area contributed by atoms with Crippen molar-refractivity contribution in [2.24, 2.45) is 0 Å². The molecule has 5 heteroatoms. The van der Waals surface area contributed by atoms with E-state index in [4.69, 9.17) is 9.47 Å². The van der Waals surface area contributed by atoms with Gasteiger partial charge >= 0.3 is 0 Å². The third-order valence-corrected chi connectivity index (χ3v) is 3.20. The lowest BCUT2D eigenvalue weighted by atomic mass is 10.2. The quantitative estimate of drug-likeness (QED) is 0.882. The summed E-state index contributed by atoms with van der Waals surface area (Å²) in [4.78, 5) is 13.9. The molecule has 1 fully saturated rings. The van der Waals surface area contributed by atoms with E-state index in [2.05, 4.69) is 10.2 Å². The van der Waals surface area contributed by atoms with Crippen LogP contribution in [0.2, 0.25) is 0 Å². The second kappa shape index (κ2) is 6.43. The SMILES string of the molecule is COCC(=O)Nc1ccc(OC)cc1N1CCCC1. The molecule has 0 radical (unpaired) electrons. The summed E-state index contributed by atoms with van der Waals surface area (Å²) in [5.41, 5.74) is 1.83. The van der Waals surface area contributed by atoms with Crippen molar-refractivity contribution in [2.45, 2.75) is 12.8 Å². The van der Waals surface area contributed by atoms with E-state index in [9.17, 15) is 4.79 Å². The number of amides is 1. The van der Waals surface area contributed by atoms with Gasteiger partial charge in [-0.3, -0.25) is 4.79 Å². The summed E-state index contributed by atoms with van der Waals surface area (Å²) in [6.45, 7) is 2.09. The van der Waals surface area contributed by atoms with Crippen LogP contribution in [0.4, 0.5) is 11.4 Å². The number of hydrogen-bond acceptors (Lipinski definition) is 4. The van der Waals surface area contributed by atoms with Crippen LogP contribution in [0.1, 0.15) is 12.8 Å². The van der Waals surface area contributed by atoms with Crippen molar-refractivity contribution >= 4 is 17.3 Å². The van der Waals surface area contributed by atoms with Crippen LogP contribution in [0.5, 0.6) is 5.75 Å². The number of hydrogen-bond donors (Lipinski definition) is 1. The fourth-order valence-electron chi connectivity index (χ4n) is 2.28. The van der Waals surface area contributed by atoms with E-state index in [1.807, 2.05) is 18.2 Å². The minimum absolute atomic E-state index is 0.0610. The van der Waals surface area contributed by atoms with Crippen LogP contribution in [-0.2, 0) is 9.53 Å². The maximum Gasteiger partial charge on any atom is 0.250 e. The molecule has 0 saturated carbocycles. The first-order valence-corrected chi connectivity index (χ1v) is 6.46. The molecule has 1 amide bonds. The first kappa shape index (κ1) is 13.7. The summed E-state index contributed by atoms with van der Waals surface area (Å²) >= 11 is 0. The first-order valence-electron chi connectivity index (χ1n) is 6.46. The number of anilines is 2. The Morgan fingerprint density at radius 1 is 1.32 bits per heavy atom. The molecule has 1 N–H and O–H groups in total. The predicted molar refractivity (Wildman–Crippen MR) is 74.9 cm³/mol. The van der Waals surface area contributed by atoms with Gasteiger partial charge in [0.2, 0.25) is 5.91 Å². The minimum atomic E-state index is -0.145. The predicted octanol–water partition coefficient (Wildman–Crippen LogP) is 1.88. The average molecular weight is 264 g/mol. The van der Waals surface area contributed by atoms with Crippen molar-refractivity contribution in [3.05, 3.63) is 18.2 Å². The Hall–Kier alpha value is -1.75. The monoisotopic (exact) mass is 264 g/mol. The molecule has 0 atom stereocenters. The van der Waals surface area contributed by atoms with Gasteiger partial charge in [0.1, 0.15) is 12.4 Å². The maximum absolute atomic E-state index is 11.6. The number of carbonyl (C=O) groups is 1. The van der Waals surface area contributed by atoms with Gasteiger partial charge in [0.05, 0.1) is 18.5 Å². The average Bonchev–Trinajstić information content (AvgIpc) is 2.93. The zero-order valence-corrected chi connectivity index (χ0v) is 11.4. The molecular weight excluding hydrogens is 244 g/mol. The van der Waals surface area contributed by atoms with Crippen molar-refractivity contribution in [1.29, 1.82) is 0 Å². The van der Waals surface area contributed by atoms with Gasteiger partial charge in [-0.25, -0.2) is 0 Å². The lowest BCUT2D eigenvalue weighted by Crippen LogP contribution is -2.22. The topological polar surface area (TPSA) is 50.8 Å². The van der Waals surface area contributed by atoms with Crippen LogP contribution in [0, 0.1) is 0 Å². The highest BCUT2D eigenvalue weighted by Crippen LogP contribution is 2.32. The first-order chi connectivity index (χ1) is 9.24. The van der Waals surface area contributed by atoms with E-state index in [1.54, 1.807) is 7.11 Å². The zero-order valence-electron chi connectivity index (χ0n) is 11.4. The molecule has 0 bridgehead atoms. The zero-order chi connectivity index (χ0) is 13.7. The second-order valence-electron chi connectivity index (χ2n) is 4.56. The Labute approximate surface area is 113 Å². The molecule has 1 aliphatic rings. The molecule has 0 spiro atoms. The Balaban J connectivity index is 2.22. The van der Waals surface area contributed by atoms with Crippen molar-refractivity contribution in [1.82, 2.24) is 0 Å². The number of methoxy groups -OCH3 is 2. The fraction of sp³-hybridized carbons (Fsp3) is 0.500. The van der Waals surface area contributed by atoms with Crippen LogP contribution < -0.4 is 15.0 Å². The summed E-state index contributed by atoms with van der Waals surface area (Å²) in [6.07, 6.45) is 2.37. The number of nitrogens with zero attached hydrogens (tertiary/aromatic N) is 1. The molecule has 19 heavy (non-hydrogen) atoms. The highest BCUT2D eigenvalue weighted by molar-refractivity contribution is 5.95. The van der Waals surface area contributed by atoms with Crippen molar-refractivity contribution in [2.75, 3.05) is 44.1 Å². The molecule has 0 aromatic heterocycles. The molecule has 5 nitrogen and oxygen atoms in total. The minimum Gasteiger partial charge on any atom is -0.497 e. The van der Waals surface area contributed by atoms with Crippen LogP contribution in [-0.4, -0.2) is 39.8 Å². The fourth-order valence-corrected chi connectivity index (χ4v) is 2.28. The van der Waals surface area contributed by atoms with Crippen LogP contribution >= 0.6 is 0 Å². The van der Waals surface area contributed by atoms with Crippen molar-refractivity contribution < 1.29 is 14.3 Å². The highest BCUT2D eigenvalue weighted by atomic mass is 16.5. The van der Waals surface area contributed by atoms with E-state index in [-0.39, 0.29) is 12.5 Å². The van der Waals surface area contributed by atoms with Crippen LogP contribution in [0.25, 0.3) is 0 Å². The third kappa shape index (κ3) is 3.38. The summed E-state index contributed by atoms with van der Waals surface area (Å²) in [5.74, 6) is 0.653. The molecular formula is C14H20N2O3. The van der Waals surface area contributed by atoms with E-state index in [0.29, 0.717) is 0 Å². The Morgan fingerprint density at radius 2 is 2.05 bits per heavy atom. The largest absolute Gasteiger partial charge is 0.497 e. The lowest BCUT2D eigenvalue weighted by molar-refractivity contribution is -0.119. The summed E-state index contributed by atoms with van der Waals surface area (Å²) in [5, 5.41) is 2.88. The molecule has 1 aromatic rings. The number of ether oxygens (including phenoxy) is 2. The summed E-state index contributed by atoms with van der Waals surface area (Å²) in [6, 6.07) is 5.69. The molecule has 1 aromatic carbocycles.